The van der Waals surface area contributed by atoms with Gasteiger partial charge in [-0.2, -0.15) is 0 Å². The molecule has 114 valence electrons. The number of benzene rings is 1. The van der Waals surface area contributed by atoms with Crippen LogP contribution in [0.1, 0.15) is 48.8 Å². The maximum absolute atomic E-state index is 4.49. The van der Waals surface area contributed by atoms with Crippen molar-refractivity contribution < 1.29 is 0 Å². The summed E-state index contributed by atoms with van der Waals surface area (Å²) in [6, 6.07) is 4.51. The molecule has 1 aromatic carbocycles. The molecule has 1 aromatic heterocycles. The predicted molar refractivity (Wildman–Crippen MR) is 88.6 cm³/mol. The number of rotatable bonds is 4. The highest BCUT2D eigenvalue weighted by molar-refractivity contribution is 5.37. The van der Waals surface area contributed by atoms with Crippen molar-refractivity contribution in [2.75, 3.05) is 0 Å². The molecule has 3 nitrogen and oxygen atoms in total. The zero-order valence-corrected chi connectivity index (χ0v) is 14.1. The molecule has 0 unspecified atom stereocenters. The van der Waals surface area contributed by atoms with Gasteiger partial charge in [0.05, 0.1) is 6.54 Å². The zero-order valence-electron chi connectivity index (χ0n) is 14.1. The Morgan fingerprint density at radius 1 is 1.10 bits per heavy atom. The van der Waals surface area contributed by atoms with Gasteiger partial charge in [0.25, 0.3) is 0 Å². The minimum Gasteiger partial charge on any atom is -0.329 e. The van der Waals surface area contributed by atoms with Crippen molar-refractivity contribution in [1.82, 2.24) is 14.9 Å². The van der Waals surface area contributed by atoms with Gasteiger partial charge in [0.2, 0.25) is 0 Å². The van der Waals surface area contributed by atoms with E-state index >= 15 is 0 Å². The number of nitrogens with zero attached hydrogens (tertiary/aromatic N) is 2. The summed E-state index contributed by atoms with van der Waals surface area (Å²) in [6.45, 7) is 14.7. The number of imidazole rings is 1. The summed E-state index contributed by atoms with van der Waals surface area (Å²) in [5.41, 5.74) is 5.54. The van der Waals surface area contributed by atoms with E-state index in [9.17, 15) is 0 Å². The molecule has 0 radical (unpaired) electrons. The Morgan fingerprint density at radius 2 is 1.71 bits per heavy atom. The van der Waals surface area contributed by atoms with Gasteiger partial charge in [0.15, 0.2) is 0 Å². The number of nitrogens with one attached hydrogen (secondary N) is 1. The highest BCUT2D eigenvalue weighted by atomic mass is 15.1. The van der Waals surface area contributed by atoms with Crippen LogP contribution in [0.5, 0.6) is 0 Å². The van der Waals surface area contributed by atoms with Gasteiger partial charge in [-0.3, -0.25) is 0 Å². The van der Waals surface area contributed by atoms with Crippen molar-refractivity contribution in [2.24, 2.45) is 0 Å². The van der Waals surface area contributed by atoms with E-state index in [4.69, 9.17) is 0 Å². The van der Waals surface area contributed by atoms with Crippen LogP contribution >= 0.6 is 0 Å². The van der Waals surface area contributed by atoms with Crippen LogP contribution in [0.2, 0.25) is 0 Å². The molecular formula is C18H27N3. The lowest BCUT2D eigenvalue weighted by molar-refractivity contribution is 0.413. The van der Waals surface area contributed by atoms with Gasteiger partial charge in [-0.15, -0.1) is 0 Å². The van der Waals surface area contributed by atoms with Crippen LogP contribution in [0.15, 0.2) is 24.5 Å². The van der Waals surface area contributed by atoms with Gasteiger partial charge in [-0.05, 0) is 58.2 Å². The molecule has 1 N–H and O–H groups in total. The molecule has 0 saturated carbocycles. The van der Waals surface area contributed by atoms with Crippen molar-refractivity contribution in [3.8, 4) is 0 Å². The molecule has 0 aliphatic rings. The lowest BCUT2D eigenvalue weighted by Gasteiger charge is -2.21. The highest BCUT2D eigenvalue weighted by Crippen LogP contribution is 2.18. The fourth-order valence-electron chi connectivity index (χ4n) is 2.63. The number of hydrogen-bond acceptors (Lipinski definition) is 2. The lowest BCUT2D eigenvalue weighted by atomic mass is 10.00. The van der Waals surface area contributed by atoms with Gasteiger partial charge in [-0.25, -0.2) is 4.98 Å². The van der Waals surface area contributed by atoms with Crippen molar-refractivity contribution in [1.29, 1.82) is 0 Å². The van der Waals surface area contributed by atoms with Gasteiger partial charge in [0, 0.05) is 24.5 Å². The Hall–Kier alpha value is -1.61. The van der Waals surface area contributed by atoms with Gasteiger partial charge in [0.1, 0.15) is 5.82 Å². The monoisotopic (exact) mass is 285 g/mol. The van der Waals surface area contributed by atoms with Gasteiger partial charge < -0.3 is 9.88 Å². The SMILES string of the molecule is Cc1cc(C)c(Cn2ccnc2CNC(C)(C)C)c(C)c1. The summed E-state index contributed by atoms with van der Waals surface area (Å²) < 4.78 is 2.24. The molecule has 2 aromatic rings. The maximum Gasteiger partial charge on any atom is 0.122 e. The minimum absolute atomic E-state index is 0.104. The molecule has 0 fully saturated rings. The molecule has 2 rings (SSSR count). The molecule has 0 amide bonds. The lowest BCUT2D eigenvalue weighted by Crippen LogP contribution is -2.36. The standard InChI is InChI=1S/C18H27N3/c1-13-9-14(2)16(15(3)10-13)12-21-8-7-19-17(21)11-20-18(4,5)6/h7-10,20H,11-12H2,1-6H3. The van der Waals surface area contributed by atoms with E-state index in [1.54, 1.807) is 0 Å². The second-order valence-electron chi connectivity index (χ2n) is 6.95. The first-order chi connectivity index (χ1) is 9.76. The largest absolute Gasteiger partial charge is 0.329 e. The molecule has 21 heavy (non-hydrogen) atoms. The van der Waals surface area contributed by atoms with E-state index in [-0.39, 0.29) is 5.54 Å². The molecule has 0 aliphatic carbocycles. The third-order valence-electron chi connectivity index (χ3n) is 3.75. The molecular weight excluding hydrogens is 258 g/mol. The van der Waals surface area contributed by atoms with Crippen LogP contribution in [0.4, 0.5) is 0 Å². The van der Waals surface area contributed by atoms with Gasteiger partial charge >= 0.3 is 0 Å². The Bertz CT molecular complexity index is 595. The summed E-state index contributed by atoms with van der Waals surface area (Å²) in [5.74, 6) is 1.09. The van der Waals surface area contributed by atoms with Crippen molar-refractivity contribution in [3.63, 3.8) is 0 Å². The average Bonchev–Trinajstić information content (AvgIpc) is 2.77. The van der Waals surface area contributed by atoms with Crippen LogP contribution < -0.4 is 5.32 Å². The maximum atomic E-state index is 4.49. The molecule has 0 aliphatic heterocycles. The average molecular weight is 285 g/mol. The second-order valence-corrected chi connectivity index (χ2v) is 6.95. The molecule has 3 heteroatoms. The summed E-state index contributed by atoms with van der Waals surface area (Å²) in [5, 5.41) is 3.51. The van der Waals surface area contributed by atoms with Crippen LogP contribution in [-0.2, 0) is 13.1 Å². The first-order valence-corrected chi connectivity index (χ1v) is 7.58. The molecule has 0 bridgehead atoms. The first-order valence-electron chi connectivity index (χ1n) is 7.58. The van der Waals surface area contributed by atoms with Crippen LogP contribution in [0.3, 0.4) is 0 Å². The van der Waals surface area contributed by atoms with Crippen molar-refractivity contribution >= 4 is 0 Å². The normalized spacial score (nSPS) is 11.9. The predicted octanol–water partition coefficient (Wildman–Crippen LogP) is 3.74. The topological polar surface area (TPSA) is 29.9 Å². The summed E-state index contributed by atoms with van der Waals surface area (Å²) in [4.78, 5) is 4.49. The first kappa shape index (κ1) is 15.8. The van der Waals surface area contributed by atoms with E-state index < -0.39 is 0 Å². The highest BCUT2D eigenvalue weighted by Gasteiger charge is 2.12. The third-order valence-corrected chi connectivity index (χ3v) is 3.75. The van der Waals surface area contributed by atoms with E-state index in [0.29, 0.717) is 0 Å². The Labute approximate surface area is 128 Å². The fourth-order valence-corrected chi connectivity index (χ4v) is 2.63. The molecule has 0 atom stereocenters. The van der Waals surface area contributed by atoms with E-state index in [2.05, 4.69) is 74.7 Å². The third kappa shape index (κ3) is 4.18. The number of aromatic nitrogens is 2. The number of hydrogen-bond donors (Lipinski definition) is 1. The van der Waals surface area contributed by atoms with E-state index in [1.807, 2.05) is 6.20 Å². The summed E-state index contributed by atoms with van der Waals surface area (Å²) >= 11 is 0. The Morgan fingerprint density at radius 3 is 2.29 bits per heavy atom. The smallest absolute Gasteiger partial charge is 0.122 e. The Kier molecular flexibility index (Phi) is 4.52. The zero-order chi connectivity index (χ0) is 15.6. The van der Waals surface area contributed by atoms with E-state index in [0.717, 1.165) is 18.9 Å². The van der Waals surface area contributed by atoms with Crippen molar-refractivity contribution in [2.45, 2.75) is 60.2 Å². The van der Waals surface area contributed by atoms with Crippen molar-refractivity contribution in [3.05, 3.63) is 52.6 Å². The van der Waals surface area contributed by atoms with Crippen LogP contribution in [0.25, 0.3) is 0 Å². The van der Waals surface area contributed by atoms with Crippen LogP contribution in [-0.4, -0.2) is 15.1 Å². The molecule has 1 heterocycles. The van der Waals surface area contributed by atoms with Crippen LogP contribution in [0, 0.1) is 20.8 Å². The fraction of sp³-hybridized carbons (Fsp3) is 0.500. The summed E-state index contributed by atoms with van der Waals surface area (Å²) in [6.07, 6.45) is 3.96. The minimum atomic E-state index is 0.104. The molecule has 0 spiro atoms. The summed E-state index contributed by atoms with van der Waals surface area (Å²) in [7, 11) is 0. The van der Waals surface area contributed by atoms with E-state index in [1.165, 1.54) is 22.3 Å². The van der Waals surface area contributed by atoms with Gasteiger partial charge in [-0.1, -0.05) is 17.7 Å². The quantitative estimate of drug-likeness (QED) is 0.927. The number of aryl methyl sites for hydroxylation is 3. The Balaban J connectivity index is 2.20. The second kappa shape index (κ2) is 6.02. The molecule has 0 saturated heterocycles.